The number of carbonyl (C=O) groups excluding carboxylic acids is 1. The van der Waals surface area contributed by atoms with Crippen LogP contribution in [-0.4, -0.2) is 54.5 Å². The molecular formula is C10H21N3O. The smallest absolute Gasteiger partial charge is 0.236 e. The maximum absolute atomic E-state index is 11.3. The van der Waals surface area contributed by atoms with Crippen LogP contribution in [0.4, 0.5) is 0 Å². The van der Waals surface area contributed by atoms with Crippen LogP contribution < -0.4 is 5.73 Å². The average Bonchev–Trinajstić information content (AvgIpc) is 2.27. The summed E-state index contributed by atoms with van der Waals surface area (Å²) in [6.07, 6.45) is 1.17. The molecule has 1 fully saturated rings. The second-order valence-corrected chi connectivity index (χ2v) is 3.88. The van der Waals surface area contributed by atoms with E-state index in [-0.39, 0.29) is 12.5 Å². The van der Waals surface area contributed by atoms with E-state index in [0.717, 1.165) is 26.2 Å². The van der Waals surface area contributed by atoms with Gasteiger partial charge in [-0.25, -0.2) is 0 Å². The molecule has 0 aromatic carbocycles. The largest absolute Gasteiger partial charge is 0.339 e. The lowest BCUT2D eigenvalue weighted by molar-refractivity contribution is -0.131. The highest BCUT2D eigenvalue weighted by Gasteiger charge is 2.22. The van der Waals surface area contributed by atoms with Gasteiger partial charge in [-0.3, -0.25) is 9.69 Å². The van der Waals surface area contributed by atoms with Gasteiger partial charge >= 0.3 is 0 Å². The summed E-state index contributed by atoms with van der Waals surface area (Å²) >= 11 is 0. The minimum atomic E-state index is 0.0776. The Bertz CT molecular complexity index is 188. The maximum atomic E-state index is 11.3. The maximum Gasteiger partial charge on any atom is 0.236 e. The minimum Gasteiger partial charge on any atom is -0.339 e. The average molecular weight is 199 g/mol. The molecule has 0 aromatic rings. The number of carbonyl (C=O) groups is 1. The Morgan fingerprint density at radius 1 is 1.36 bits per heavy atom. The van der Waals surface area contributed by atoms with Gasteiger partial charge in [-0.2, -0.15) is 0 Å². The molecule has 0 radical (unpaired) electrons. The molecule has 14 heavy (non-hydrogen) atoms. The summed E-state index contributed by atoms with van der Waals surface area (Å²) in [5, 5.41) is 0. The Kier molecular flexibility index (Phi) is 4.35. The zero-order chi connectivity index (χ0) is 10.6. The van der Waals surface area contributed by atoms with E-state index in [1.54, 1.807) is 0 Å². The molecule has 0 bridgehead atoms. The lowest BCUT2D eigenvalue weighted by Gasteiger charge is -2.37. The van der Waals surface area contributed by atoms with Crippen molar-refractivity contribution < 1.29 is 4.79 Å². The molecule has 0 aliphatic carbocycles. The highest BCUT2D eigenvalue weighted by molar-refractivity contribution is 5.78. The van der Waals surface area contributed by atoms with Gasteiger partial charge in [0, 0.05) is 32.2 Å². The lowest BCUT2D eigenvalue weighted by Crippen LogP contribution is -2.52. The van der Waals surface area contributed by atoms with Crippen LogP contribution in [0.5, 0.6) is 0 Å². The molecule has 4 heteroatoms. The Morgan fingerprint density at radius 3 is 2.36 bits per heavy atom. The highest BCUT2D eigenvalue weighted by Crippen LogP contribution is 2.08. The third-order valence-corrected chi connectivity index (χ3v) is 3.06. The summed E-state index contributed by atoms with van der Waals surface area (Å²) in [5.41, 5.74) is 5.32. The first-order chi connectivity index (χ1) is 6.69. The highest BCUT2D eigenvalue weighted by atomic mass is 16.2. The van der Waals surface area contributed by atoms with Crippen LogP contribution in [0.25, 0.3) is 0 Å². The standard InChI is InChI=1S/C10H21N3O/c1-3-9(2)12-4-6-13(7-5-12)10(14)8-11/h9H,3-8,11H2,1-2H3. The second-order valence-electron chi connectivity index (χ2n) is 3.88. The van der Waals surface area contributed by atoms with Crippen molar-refractivity contribution in [2.45, 2.75) is 26.3 Å². The fourth-order valence-corrected chi connectivity index (χ4v) is 1.80. The first kappa shape index (κ1) is 11.5. The van der Waals surface area contributed by atoms with E-state index in [1.807, 2.05) is 4.90 Å². The van der Waals surface area contributed by atoms with Gasteiger partial charge in [0.1, 0.15) is 0 Å². The first-order valence-electron chi connectivity index (χ1n) is 5.41. The zero-order valence-electron chi connectivity index (χ0n) is 9.20. The van der Waals surface area contributed by atoms with Crippen molar-refractivity contribution in [2.24, 2.45) is 5.73 Å². The molecule has 1 heterocycles. The lowest BCUT2D eigenvalue weighted by atomic mass is 10.2. The Balaban J connectivity index is 2.34. The molecule has 1 amide bonds. The van der Waals surface area contributed by atoms with Gasteiger partial charge in [-0.15, -0.1) is 0 Å². The molecule has 1 unspecified atom stereocenters. The summed E-state index contributed by atoms with van der Waals surface area (Å²) in [6.45, 7) is 8.22. The normalized spacial score (nSPS) is 20.9. The van der Waals surface area contributed by atoms with E-state index in [2.05, 4.69) is 18.7 Å². The monoisotopic (exact) mass is 199 g/mol. The van der Waals surface area contributed by atoms with Gasteiger partial charge < -0.3 is 10.6 Å². The van der Waals surface area contributed by atoms with E-state index in [0.29, 0.717) is 6.04 Å². The molecule has 0 saturated carbocycles. The van der Waals surface area contributed by atoms with Crippen molar-refractivity contribution in [1.29, 1.82) is 0 Å². The van der Waals surface area contributed by atoms with Crippen LogP contribution in [0.15, 0.2) is 0 Å². The van der Waals surface area contributed by atoms with Gasteiger partial charge in [0.05, 0.1) is 6.54 Å². The van der Waals surface area contributed by atoms with Gasteiger partial charge in [-0.1, -0.05) is 6.92 Å². The summed E-state index contributed by atoms with van der Waals surface area (Å²) in [6, 6.07) is 0.630. The summed E-state index contributed by atoms with van der Waals surface area (Å²) in [5.74, 6) is 0.0776. The number of rotatable bonds is 3. The number of nitrogens with two attached hydrogens (primary N) is 1. The van der Waals surface area contributed by atoms with Crippen molar-refractivity contribution >= 4 is 5.91 Å². The summed E-state index contributed by atoms with van der Waals surface area (Å²) < 4.78 is 0. The topological polar surface area (TPSA) is 49.6 Å². The molecule has 1 atom stereocenters. The number of hydrogen-bond donors (Lipinski definition) is 1. The number of nitrogens with zero attached hydrogens (tertiary/aromatic N) is 2. The summed E-state index contributed by atoms with van der Waals surface area (Å²) in [7, 11) is 0. The van der Waals surface area contributed by atoms with E-state index in [1.165, 1.54) is 6.42 Å². The van der Waals surface area contributed by atoms with Crippen LogP contribution >= 0.6 is 0 Å². The number of amides is 1. The molecule has 1 aliphatic heterocycles. The fourth-order valence-electron chi connectivity index (χ4n) is 1.80. The molecule has 2 N–H and O–H groups in total. The third kappa shape index (κ3) is 2.69. The third-order valence-electron chi connectivity index (χ3n) is 3.06. The summed E-state index contributed by atoms with van der Waals surface area (Å²) in [4.78, 5) is 15.6. The van der Waals surface area contributed by atoms with Crippen molar-refractivity contribution in [3.05, 3.63) is 0 Å². The van der Waals surface area contributed by atoms with Crippen molar-refractivity contribution in [1.82, 2.24) is 9.80 Å². The number of hydrogen-bond acceptors (Lipinski definition) is 3. The van der Waals surface area contributed by atoms with Crippen molar-refractivity contribution in [2.75, 3.05) is 32.7 Å². The predicted molar refractivity (Wildman–Crippen MR) is 57.0 cm³/mol. The molecule has 0 aromatic heterocycles. The van der Waals surface area contributed by atoms with Crippen LogP contribution in [0.1, 0.15) is 20.3 Å². The molecule has 1 aliphatic rings. The second kappa shape index (κ2) is 5.32. The van der Waals surface area contributed by atoms with Crippen LogP contribution in [-0.2, 0) is 4.79 Å². The van der Waals surface area contributed by atoms with E-state index >= 15 is 0 Å². The Hall–Kier alpha value is -0.610. The van der Waals surface area contributed by atoms with Gasteiger partial charge in [0.25, 0.3) is 0 Å². The van der Waals surface area contributed by atoms with Gasteiger partial charge in [0.2, 0.25) is 5.91 Å². The molecular weight excluding hydrogens is 178 g/mol. The molecule has 1 saturated heterocycles. The molecule has 82 valence electrons. The molecule has 4 nitrogen and oxygen atoms in total. The zero-order valence-corrected chi connectivity index (χ0v) is 9.20. The van der Waals surface area contributed by atoms with Crippen LogP contribution in [0.3, 0.4) is 0 Å². The van der Waals surface area contributed by atoms with Gasteiger partial charge in [0.15, 0.2) is 0 Å². The van der Waals surface area contributed by atoms with Crippen molar-refractivity contribution in [3.63, 3.8) is 0 Å². The van der Waals surface area contributed by atoms with E-state index in [4.69, 9.17) is 5.73 Å². The van der Waals surface area contributed by atoms with Gasteiger partial charge in [-0.05, 0) is 13.3 Å². The van der Waals surface area contributed by atoms with Crippen LogP contribution in [0.2, 0.25) is 0 Å². The SMILES string of the molecule is CCC(C)N1CCN(C(=O)CN)CC1. The van der Waals surface area contributed by atoms with E-state index < -0.39 is 0 Å². The Labute approximate surface area is 86.0 Å². The number of piperazine rings is 1. The van der Waals surface area contributed by atoms with Crippen LogP contribution in [0, 0.1) is 0 Å². The minimum absolute atomic E-state index is 0.0776. The first-order valence-corrected chi connectivity index (χ1v) is 5.41. The predicted octanol–water partition coefficient (Wildman–Crippen LogP) is -0.112. The molecule has 0 spiro atoms. The van der Waals surface area contributed by atoms with E-state index in [9.17, 15) is 4.79 Å². The quantitative estimate of drug-likeness (QED) is 0.690. The molecule has 1 rings (SSSR count). The fraction of sp³-hybridized carbons (Fsp3) is 0.900. The van der Waals surface area contributed by atoms with Crippen molar-refractivity contribution in [3.8, 4) is 0 Å². The Morgan fingerprint density at radius 2 is 1.93 bits per heavy atom.